The van der Waals surface area contributed by atoms with E-state index in [1.165, 1.54) is 0 Å². The van der Waals surface area contributed by atoms with E-state index in [4.69, 9.17) is 15.7 Å². The minimum absolute atomic E-state index is 0.281. The van der Waals surface area contributed by atoms with Gasteiger partial charge in [-0.3, -0.25) is 0 Å². The minimum Gasteiger partial charge on any atom is -0.373 e. The Morgan fingerprint density at radius 1 is 1.60 bits per heavy atom. The van der Waals surface area contributed by atoms with Gasteiger partial charge in [-0.25, -0.2) is 0 Å². The molecule has 0 aliphatic heterocycles. The summed E-state index contributed by atoms with van der Waals surface area (Å²) in [5, 5.41) is 8.17. The highest BCUT2D eigenvalue weighted by Gasteiger charge is 2.14. The summed E-state index contributed by atoms with van der Waals surface area (Å²) >= 11 is 0. The average Bonchev–Trinajstić information content (AvgIpc) is 1.89. The molecule has 10 heavy (non-hydrogen) atoms. The maximum absolute atomic E-state index is 8.17. The molecule has 0 spiro atoms. The number of nitriles is 1. The van der Waals surface area contributed by atoms with E-state index in [1.54, 1.807) is 0 Å². The van der Waals surface area contributed by atoms with Crippen molar-refractivity contribution < 1.29 is 4.74 Å². The SMILES string of the molecule is CC(C)(CN)OCCC#N. The standard InChI is InChI=1S/C7H14N2O/c1-7(2,6-9)10-5-3-4-8/h3,5-6,9H2,1-2H3. The Kier molecular flexibility index (Phi) is 4.01. The number of hydrogen-bond acceptors (Lipinski definition) is 3. The van der Waals surface area contributed by atoms with Crippen LogP contribution in [0.25, 0.3) is 0 Å². The lowest BCUT2D eigenvalue weighted by Gasteiger charge is -2.22. The van der Waals surface area contributed by atoms with E-state index in [9.17, 15) is 0 Å². The van der Waals surface area contributed by atoms with Crippen molar-refractivity contribution in [2.75, 3.05) is 13.2 Å². The van der Waals surface area contributed by atoms with Crippen molar-refractivity contribution in [1.29, 1.82) is 5.26 Å². The fourth-order valence-corrected chi connectivity index (χ4v) is 0.432. The quantitative estimate of drug-likeness (QED) is 0.586. The van der Waals surface area contributed by atoms with Gasteiger partial charge in [-0.15, -0.1) is 0 Å². The normalized spacial score (nSPS) is 11.0. The van der Waals surface area contributed by atoms with Gasteiger partial charge in [0, 0.05) is 6.54 Å². The molecular formula is C7H14N2O. The summed E-state index contributed by atoms with van der Waals surface area (Å²) in [5.74, 6) is 0. The molecule has 0 fully saturated rings. The van der Waals surface area contributed by atoms with E-state index >= 15 is 0 Å². The van der Waals surface area contributed by atoms with Gasteiger partial charge >= 0.3 is 0 Å². The van der Waals surface area contributed by atoms with Gasteiger partial charge in [0.1, 0.15) is 0 Å². The zero-order valence-electron chi connectivity index (χ0n) is 6.55. The summed E-state index contributed by atoms with van der Waals surface area (Å²) in [6.45, 7) is 4.77. The maximum atomic E-state index is 8.17. The first-order chi connectivity index (χ1) is 4.62. The van der Waals surface area contributed by atoms with E-state index in [0.717, 1.165) is 0 Å². The zero-order valence-corrected chi connectivity index (χ0v) is 6.55. The number of ether oxygens (including phenoxy) is 1. The highest BCUT2D eigenvalue weighted by atomic mass is 16.5. The van der Waals surface area contributed by atoms with Crippen molar-refractivity contribution >= 4 is 0 Å². The van der Waals surface area contributed by atoms with Crippen LogP contribution in [0.5, 0.6) is 0 Å². The lowest BCUT2D eigenvalue weighted by Crippen LogP contribution is -2.34. The molecule has 0 rings (SSSR count). The molecule has 0 atom stereocenters. The van der Waals surface area contributed by atoms with Crippen molar-refractivity contribution in [3.8, 4) is 6.07 Å². The van der Waals surface area contributed by atoms with Crippen molar-refractivity contribution in [3.63, 3.8) is 0 Å². The van der Waals surface area contributed by atoms with Crippen LogP contribution in [-0.4, -0.2) is 18.8 Å². The second-order valence-electron chi connectivity index (χ2n) is 2.72. The number of hydrogen-bond donors (Lipinski definition) is 1. The van der Waals surface area contributed by atoms with Crippen LogP contribution >= 0.6 is 0 Å². The van der Waals surface area contributed by atoms with Crippen molar-refractivity contribution in [2.24, 2.45) is 5.73 Å². The van der Waals surface area contributed by atoms with Gasteiger partial charge in [0.15, 0.2) is 0 Å². The zero-order chi connectivity index (χ0) is 8.04. The molecule has 0 saturated carbocycles. The largest absolute Gasteiger partial charge is 0.373 e. The molecular weight excluding hydrogens is 128 g/mol. The van der Waals surface area contributed by atoms with Crippen LogP contribution in [-0.2, 0) is 4.74 Å². The van der Waals surface area contributed by atoms with Gasteiger partial charge in [0.2, 0.25) is 0 Å². The molecule has 0 aromatic heterocycles. The Morgan fingerprint density at radius 3 is 2.60 bits per heavy atom. The molecule has 0 amide bonds. The van der Waals surface area contributed by atoms with Gasteiger partial charge in [0.25, 0.3) is 0 Å². The fourth-order valence-electron chi connectivity index (χ4n) is 0.432. The van der Waals surface area contributed by atoms with E-state index in [0.29, 0.717) is 19.6 Å². The molecule has 2 N–H and O–H groups in total. The van der Waals surface area contributed by atoms with Crippen LogP contribution in [0, 0.1) is 11.3 Å². The molecule has 3 heteroatoms. The van der Waals surface area contributed by atoms with E-state index in [2.05, 4.69) is 0 Å². The predicted octanol–water partition coefficient (Wildman–Crippen LogP) is 0.654. The summed E-state index contributed by atoms with van der Waals surface area (Å²) in [6, 6.07) is 2.00. The summed E-state index contributed by atoms with van der Waals surface area (Å²) in [6.07, 6.45) is 0.434. The smallest absolute Gasteiger partial charge is 0.0748 e. The molecule has 0 aromatic rings. The lowest BCUT2D eigenvalue weighted by atomic mass is 10.1. The summed E-state index contributed by atoms with van der Waals surface area (Å²) in [7, 11) is 0. The van der Waals surface area contributed by atoms with E-state index in [-0.39, 0.29) is 5.60 Å². The molecule has 0 bridgehead atoms. The molecule has 0 aromatic carbocycles. The number of rotatable bonds is 4. The summed E-state index contributed by atoms with van der Waals surface area (Å²) in [5.41, 5.74) is 5.10. The molecule has 0 heterocycles. The second-order valence-corrected chi connectivity index (χ2v) is 2.72. The molecule has 0 unspecified atom stereocenters. The van der Waals surface area contributed by atoms with Gasteiger partial charge in [-0.2, -0.15) is 5.26 Å². The molecule has 0 aliphatic rings. The third-order valence-electron chi connectivity index (χ3n) is 1.20. The van der Waals surface area contributed by atoms with E-state index in [1.807, 2.05) is 19.9 Å². The maximum Gasteiger partial charge on any atom is 0.0748 e. The van der Waals surface area contributed by atoms with Crippen molar-refractivity contribution in [2.45, 2.75) is 25.9 Å². The average molecular weight is 142 g/mol. The monoisotopic (exact) mass is 142 g/mol. The van der Waals surface area contributed by atoms with Crippen LogP contribution in [0.3, 0.4) is 0 Å². The van der Waals surface area contributed by atoms with Gasteiger partial charge in [-0.05, 0) is 13.8 Å². The molecule has 3 nitrogen and oxygen atoms in total. The Balaban J connectivity index is 3.39. The highest BCUT2D eigenvalue weighted by Crippen LogP contribution is 2.05. The number of nitrogens with two attached hydrogens (primary N) is 1. The molecule has 0 radical (unpaired) electrons. The summed E-state index contributed by atoms with van der Waals surface area (Å²) in [4.78, 5) is 0. The molecule has 58 valence electrons. The van der Waals surface area contributed by atoms with E-state index < -0.39 is 0 Å². The minimum atomic E-state index is -0.281. The van der Waals surface area contributed by atoms with Crippen LogP contribution in [0.15, 0.2) is 0 Å². The first-order valence-electron chi connectivity index (χ1n) is 3.33. The summed E-state index contributed by atoms with van der Waals surface area (Å²) < 4.78 is 5.27. The van der Waals surface area contributed by atoms with Crippen molar-refractivity contribution in [1.82, 2.24) is 0 Å². The second kappa shape index (κ2) is 4.26. The predicted molar refractivity (Wildman–Crippen MR) is 39.3 cm³/mol. The Morgan fingerprint density at radius 2 is 2.20 bits per heavy atom. The first kappa shape index (κ1) is 9.41. The first-order valence-corrected chi connectivity index (χ1v) is 3.33. The van der Waals surface area contributed by atoms with Crippen LogP contribution < -0.4 is 5.73 Å². The van der Waals surface area contributed by atoms with Crippen LogP contribution in [0.4, 0.5) is 0 Å². The Hall–Kier alpha value is -0.590. The topological polar surface area (TPSA) is 59.0 Å². The third kappa shape index (κ3) is 4.30. The van der Waals surface area contributed by atoms with Gasteiger partial charge < -0.3 is 10.5 Å². The lowest BCUT2D eigenvalue weighted by molar-refractivity contribution is -0.00716. The van der Waals surface area contributed by atoms with Gasteiger partial charge in [-0.1, -0.05) is 0 Å². The Labute approximate surface area is 61.8 Å². The van der Waals surface area contributed by atoms with Crippen LogP contribution in [0.1, 0.15) is 20.3 Å². The fraction of sp³-hybridized carbons (Fsp3) is 0.857. The van der Waals surface area contributed by atoms with Crippen LogP contribution in [0.2, 0.25) is 0 Å². The number of nitrogens with zero attached hydrogens (tertiary/aromatic N) is 1. The van der Waals surface area contributed by atoms with Crippen molar-refractivity contribution in [3.05, 3.63) is 0 Å². The Bertz CT molecular complexity index is 126. The molecule has 0 saturated heterocycles. The molecule has 0 aliphatic carbocycles. The van der Waals surface area contributed by atoms with Gasteiger partial charge in [0.05, 0.1) is 24.7 Å². The third-order valence-corrected chi connectivity index (χ3v) is 1.20. The highest BCUT2D eigenvalue weighted by molar-refractivity contribution is 4.72.